The normalized spacial score (nSPS) is 10.1. The number of rotatable bonds is 3. The van der Waals surface area contributed by atoms with Gasteiger partial charge in [-0.1, -0.05) is 33.6 Å². The van der Waals surface area contributed by atoms with Crippen LogP contribution < -0.4 is 5.32 Å². The molecule has 2 rings (SSSR count). The van der Waals surface area contributed by atoms with Crippen molar-refractivity contribution in [2.45, 2.75) is 0 Å². The SMILES string of the molecule is O=C(Nc1cccc(Br)c1)c1cc(Cl)cc([N+](=O)[O-])c1. The fourth-order valence-corrected chi connectivity index (χ4v) is 2.21. The van der Waals surface area contributed by atoms with Crippen LogP contribution in [0.15, 0.2) is 46.9 Å². The summed E-state index contributed by atoms with van der Waals surface area (Å²) in [4.78, 5) is 22.2. The van der Waals surface area contributed by atoms with Crippen molar-refractivity contribution in [3.05, 3.63) is 67.6 Å². The monoisotopic (exact) mass is 354 g/mol. The molecule has 1 amide bonds. The van der Waals surface area contributed by atoms with Gasteiger partial charge in [0.05, 0.1) is 4.92 Å². The highest BCUT2D eigenvalue weighted by Crippen LogP contribution is 2.22. The van der Waals surface area contributed by atoms with Gasteiger partial charge in [0, 0.05) is 32.9 Å². The van der Waals surface area contributed by atoms with Gasteiger partial charge in [0.1, 0.15) is 0 Å². The Morgan fingerprint density at radius 3 is 2.65 bits per heavy atom. The summed E-state index contributed by atoms with van der Waals surface area (Å²) >= 11 is 9.06. The molecule has 0 aliphatic rings. The summed E-state index contributed by atoms with van der Waals surface area (Å²) in [6.45, 7) is 0. The van der Waals surface area contributed by atoms with Gasteiger partial charge in [0.15, 0.2) is 0 Å². The molecule has 2 aromatic rings. The highest BCUT2D eigenvalue weighted by molar-refractivity contribution is 9.10. The van der Waals surface area contributed by atoms with E-state index in [1.165, 1.54) is 18.2 Å². The highest BCUT2D eigenvalue weighted by atomic mass is 79.9. The summed E-state index contributed by atoms with van der Waals surface area (Å²) in [6, 6.07) is 10.8. The summed E-state index contributed by atoms with van der Waals surface area (Å²) in [5.74, 6) is -0.464. The van der Waals surface area contributed by atoms with Crippen LogP contribution >= 0.6 is 27.5 Å². The number of hydrogen-bond acceptors (Lipinski definition) is 3. The van der Waals surface area contributed by atoms with Crippen LogP contribution in [-0.4, -0.2) is 10.8 Å². The standard InChI is InChI=1S/C13H8BrClN2O3/c14-9-2-1-3-11(6-9)16-13(18)8-4-10(15)7-12(5-8)17(19)20/h1-7H,(H,16,18). The molecule has 0 unspecified atom stereocenters. The fourth-order valence-electron chi connectivity index (χ4n) is 1.58. The summed E-state index contributed by atoms with van der Waals surface area (Å²) in [5.41, 5.74) is 0.480. The minimum absolute atomic E-state index is 0.129. The first kappa shape index (κ1) is 14.5. The molecule has 0 aromatic heterocycles. The van der Waals surface area contributed by atoms with E-state index in [2.05, 4.69) is 21.2 Å². The molecule has 1 N–H and O–H groups in total. The summed E-state index contributed by atoms with van der Waals surface area (Å²) in [7, 11) is 0. The molecule has 102 valence electrons. The molecule has 0 atom stereocenters. The lowest BCUT2D eigenvalue weighted by molar-refractivity contribution is -0.384. The third kappa shape index (κ3) is 3.55. The number of nitro groups is 1. The molecule has 5 nitrogen and oxygen atoms in total. The molecule has 20 heavy (non-hydrogen) atoms. The number of carbonyl (C=O) groups excluding carboxylic acids is 1. The van der Waals surface area contributed by atoms with Crippen LogP contribution in [-0.2, 0) is 0 Å². The van der Waals surface area contributed by atoms with E-state index in [4.69, 9.17) is 11.6 Å². The van der Waals surface area contributed by atoms with Gasteiger partial charge in [-0.3, -0.25) is 14.9 Å². The maximum atomic E-state index is 12.0. The average Bonchev–Trinajstić information content (AvgIpc) is 2.37. The Morgan fingerprint density at radius 1 is 1.25 bits per heavy atom. The third-order valence-electron chi connectivity index (χ3n) is 2.44. The van der Waals surface area contributed by atoms with E-state index in [1.54, 1.807) is 18.2 Å². The molecule has 0 aliphatic heterocycles. The molecule has 0 saturated heterocycles. The Balaban J connectivity index is 2.27. The first-order chi connectivity index (χ1) is 9.45. The minimum atomic E-state index is -0.595. The van der Waals surface area contributed by atoms with E-state index >= 15 is 0 Å². The Labute approximate surface area is 127 Å². The van der Waals surface area contributed by atoms with Gasteiger partial charge in [0.2, 0.25) is 0 Å². The maximum absolute atomic E-state index is 12.0. The number of amides is 1. The van der Waals surface area contributed by atoms with Crippen LogP contribution in [0, 0.1) is 10.1 Å². The lowest BCUT2D eigenvalue weighted by Gasteiger charge is -2.06. The Kier molecular flexibility index (Phi) is 4.36. The van der Waals surface area contributed by atoms with Crippen molar-refractivity contribution in [3.8, 4) is 0 Å². The highest BCUT2D eigenvalue weighted by Gasteiger charge is 2.14. The summed E-state index contributed by atoms with van der Waals surface area (Å²) < 4.78 is 0.812. The summed E-state index contributed by atoms with van der Waals surface area (Å²) in [6.07, 6.45) is 0. The van der Waals surface area contributed by atoms with Crippen molar-refractivity contribution in [1.29, 1.82) is 0 Å². The first-order valence-electron chi connectivity index (χ1n) is 5.47. The number of anilines is 1. The number of nitrogens with one attached hydrogen (secondary N) is 1. The second-order valence-corrected chi connectivity index (χ2v) is 5.27. The van der Waals surface area contributed by atoms with Gasteiger partial charge in [0.25, 0.3) is 11.6 Å². The number of benzene rings is 2. The van der Waals surface area contributed by atoms with Crippen LogP contribution in [0.3, 0.4) is 0 Å². The van der Waals surface area contributed by atoms with Crippen molar-refractivity contribution in [2.24, 2.45) is 0 Å². The second-order valence-electron chi connectivity index (χ2n) is 3.92. The van der Waals surface area contributed by atoms with Gasteiger partial charge in [-0.15, -0.1) is 0 Å². The fraction of sp³-hybridized carbons (Fsp3) is 0. The van der Waals surface area contributed by atoms with E-state index in [0.29, 0.717) is 5.69 Å². The third-order valence-corrected chi connectivity index (χ3v) is 3.15. The van der Waals surface area contributed by atoms with Gasteiger partial charge < -0.3 is 5.32 Å². The largest absolute Gasteiger partial charge is 0.322 e. The molecule has 0 aliphatic carbocycles. The quantitative estimate of drug-likeness (QED) is 0.660. The molecule has 0 fully saturated rings. The van der Waals surface area contributed by atoms with Gasteiger partial charge in [-0.25, -0.2) is 0 Å². The van der Waals surface area contributed by atoms with E-state index in [0.717, 1.165) is 4.47 Å². The Morgan fingerprint density at radius 2 is 2.00 bits per heavy atom. The van der Waals surface area contributed by atoms with E-state index < -0.39 is 10.8 Å². The van der Waals surface area contributed by atoms with E-state index in [9.17, 15) is 14.9 Å². The molecule has 7 heteroatoms. The molecular formula is C13H8BrClN2O3. The Hall–Kier alpha value is -1.92. The molecule has 0 spiro atoms. The van der Waals surface area contributed by atoms with E-state index in [-0.39, 0.29) is 16.3 Å². The van der Waals surface area contributed by atoms with Crippen LogP contribution in [0.2, 0.25) is 5.02 Å². The lowest BCUT2D eigenvalue weighted by Crippen LogP contribution is -2.12. The van der Waals surface area contributed by atoms with Crippen LogP contribution in [0.25, 0.3) is 0 Å². The zero-order valence-electron chi connectivity index (χ0n) is 9.97. The predicted octanol–water partition coefficient (Wildman–Crippen LogP) is 4.26. The van der Waals surface area contributed by atoms with Crippen LogP contribution in [0.4, 0.5) is 11.4 Å². The zero-order valence-corrected chi connectivity index (χ0v) is 12.3. The number of nitro benzene ring substituents is 1. The second kappa shape index (κ2) is 6.02. The molecule has 0 heterocycles. The average molecular weight is 356 g/mol. The smallest absolute Gasteiger partial charge is 0.271 e. The van der Waals surface area contributed by atoms with Crippen molar-refractivity contribution < 1.29 is 9.72 Å². The van der Waals surface area contributed by atoms with Crippen LogP contribution in [0.5, 0.6) is 0 Å². The van der Waals surface area contributed by atoms with E-state index in [1.807, 2.05) is 6.07 Å². The topological polar surface area (TPSA) is 72.2 Å². The number of carbonyl (C=O) groups is 1. The van der Waals surface area contributed by atoms with Gasteiger partial charge in [-0.2, -0.15) is 0 Å². The summed E-state index contributed by atoms with van der Waals surface area (Å²) in [5, 5.41) is 13.5. The number of non-ortho nitro benzene ring substituents is 1. The van der Waals surface area contributed by atoms with Crippen molar-refractivity contribution in [1.82, 2.24) is 0 Å². The number of hydrogen-bond donors (Lipinski definition) is 1. The maximum Gasteiger partial charge on any atom is 0.271 e. The number of halogens is 2. The van der Waals surface area contributed by atoms with Crippen molar-refractivity contribution >= 4 is 44.8 Å². The molecule has 0 saturated carbocycles. The molecule has 0 radical (unpaired) electrons. The Bertz CT molecular complexity index is 691. The minimum Gasteiger partial charge on any atom is -0.322 e. The van der Waals surface area contributed by atoms with Gasteiger partial charge >= 0.3 is 0 Å². The van der Waals surface area contributed by atoms with Crippen molar-refractivity contribution in [3.63, 3.8) is 0 Å². The van der Waals surface area contributed by atoms with Crippen molar-refractivity contribution in [2.75, 3.05) is 5.32 Å². The lowest BCUT2D eigenvalue weighted by atomic mass is 10.2. The molecule has 2 aromatic carbocycles. The number of nitrogens with zero attached hydrogens (tertiary/aromatic N) is 1. The molecular weight excluding hydrogens is 348 g/mol. The predicted molar refractivity (Wildman–Crippen MR) is 80.2 cm³/mol. The van der Waals surface area contributed by atoms with Crippen LogP contribution in [0.1, 0.15) is 10.4 Å². The van der Waals surface area contributed by atoms with Gasteiger partial charge in [-0.05, 0) is 24.3 Å². The zero-order chi connectivity index (χ0) is 14.7. The first-order valence-corrected chi connectivity index (χ1v) is 6.65. The molecule has 0 bridgehead atoms.